The van der Waals surface area contributed by atoms with Crippen LogP contribution in [0.25, 0.3) is 0 Å². The minimum absolute atomic E-state index is 0.0998. The molecule has 0 aliphatic rings. The van der Waals surface area contributed by atoms with Crippen molar-refractivity contribution in [1.82, 2.24) is 0 Å². The van der Waals surface area contributed by atoms with Crippen LogP contribution in [0.2, 0.25) is 0 Å². The van der Waals surface area contributed by atoms with E-state index in [0.29, 0.717) is 19.3 Å². The molecule has 0 heterocycles. The fraction of sp³-hybridized carbons (Fsp3) is 0.675. The smallest absolute Gasteiger partial charge is 0.306 e. The van der Waals surface area contributed by atoms with E-state index in [1.54, 1.807) is 0 Å². The highest BCUT2D eigenvalue weighted by Crippen LogP contribution is 2.17. The van der Waals surface area contributed by atoms with Crippen LogP contribution in [-0.4, -0.2) is 37.2 Å². The van der Waals surface area contributed by atoms with E-state index in [1.165, 1.54) is 161 Å². The fourth-order valence-electron chi connectivity index (χ4n) is 9.56. The molecule has 1 atom stereocenters. The number of carbonyl (C=O) groups is 3. The van der Waals surface area contributed by atoms with Crippen molar-refractivity contribution in [2.45, 2.75) is 322 Å². The van der Waals surface area contributed by atoms with Crippen LogP contribution >= 0.6 is 0 Å². The highest BCUT2D eigenvalue weighted by atomic mass is 16.6. The second kappa shape index (κ2) is 70.0. The molecule has 0 N–H and O–H groups in total. The topological polar surface area (TPSA) is 78.9 Å². The van der Waals surface area contributed by atoms with Crippen LogP contribution in [0.5, 0.6) is 0 Å². The average Bonchev–Trinajstić information content (AvgIpc) is 3.49. The van der Waals surface area contributed by atoms with Crippen LogP contribution in [0, 0.1) is 0 Å². The summed E-state index contributed by atoms with van der Waals surface area (Å²) in [6.07, 6.45) is 99.3. The summed E-state index contributed by atoms with van der Waals surface area (Å²) < 4.78 is 16.9. The molecule has 0 aliphatic heterocycles. The first-order valence-corrected chi connectivity index (χ1v) is 34.7. The Morgan fingerprint density at radius 1 is 0.253 bits per heavy atom. The third-order valence-electron chi connectivity index (χ3n) is 14.7. The van der Waals surface area contributed by atoms with Gasteiger partial charge < -0.3 is 14.2 Å². The number of allylic oxidation sites excluding steroid dienone is 22. The van der Waals surface area contributed by atoms with Crippen molar-refractivity contribution in [3.05, 3.63) is 134 Å². The second-order valence-electron chi connectivity index (χ2n) is 22.7. The van der Waals surface area contributed by atoms with Crippen molar-refractivity contribution in [2.24, 2.45) is 0 Å². The van der Waals surface area contributed by atoms with Crippen LogP contribution in [0.15, 0.2) is 134 Å². The van der Waals surface area contributed by atoms with Gasteiger partial charge in [0.25, 0.3) is 0 Å². The molecule has 6 nitrogen and oxygen atoms in total. The lowest BCUT2D eigenvalue weighted by Crippen LogP contribution is -2.30. The third kappa shape index (κ3) is 68.2. The molecule has 0 saturated carbocycles. The van der Waals surface area contributed by atoms with Crippen LogP contribution in [0.3, 0.4) is 0 Å². The van der Waals surface area contributed by atoms with E-state index in [4.69, 9.17) is 14.2 Å². The molecule has 0 saturated heterocycles. The van der Waals surface area contributed by atoms with Gasteiger partial charge in [0, 0.05) is 19.3 Å². The molecule has 0 fully saturated rings. The minimum atomic E-state index is -0.809. The molecule has 0 spiro atoms. The SMILES string of the molecule is CC/C=C\C/C=C\C/C=C\C/C=C\C/C=C\C/C=C\C/C=C\CCCCCCCCCCCCCCCC(=O)OCC(COC(=O)CC/C=C\C/C=C\C/C=C\C/C=C\CC)OC(=O)CCCCCCCCCCCCCCCCCCC. The van der Waals surface area contributed by atoms with Gasteiger partial charge in [-0.1, -0.05) is 328 Å². The first kappa shape index (κ1) is 78.5. The van der Waals surface area contributed by atoms with Gasteiger partial charge in [-0.15, -0.1) is 0 Å². The number of ether oxygens (including phenoxy) is 3. The van der Waals surface area contributed by atoms with Crippen molar-refractivity contribution < 1.29 is 28.6 Å². The highest BCUT2D eigenvalue weighted by Gasteiger charge is 2.19. The molecule has 472 valence electrons. The molecule has 0 rings (SSSR count). The highest BCUT2D eigenvalue weighted by molar-refractivity contribution is 5.71. The molecule has 0 aliphatic carbocycles. The fourth-order valence-corrected chi connectivity index (χ4v) is 9.56. The maximum absolute atomic E-state index is 12.9. The van der Waals surface area contributed by atoms with E-state index in [-0.39, 0.29) is 37.5 Å². The number of hydrogen-bond acceptors (Lipinski definition) is 6. The van der Waals surface area contributed by atoms with Gasteiger partial charge >= 0.3 is 17.9 Å². The zero-order valence-electron chi connectivity index (χ0n) is 54.2. The van der Waals surface area contributed by atoms with E-state index in [2.05, 4.69) is 148 Å². The average molecular weight is 1150 g/mol. The predicted octanol–water partition coefficient (Wildman–Crippen LogP) is 24.1. The lowest BCUT2D eigenvalue weighted by molar-refractivity contribution is -0.166. The molecule has 0 aromatic rings. The monoisotopic (exact) mass is 1150 g/mol. The summed E-state index contributed by atoms with van der Waals surface area (Å²) in [5, 5.41) is 0. The van der Waals surface area contributed by atoms with Gasteiger partial charge in [-0.25, -0.2) is 0 Å². The number of rotatable bonds is 62. The van der Waals surface area contributed by atoms with Crippen molar-refractivity contribution >= 4 is 17.9 Å². The van der Waals surface area contributed by atoms with Crippen LogP contribution in [0.1, 0.15) is 316 Å². The minimum Gasteiger partial charge on any atom is -0.462 e. The molecule has 0 bridgehead atoms. The van der Waals surface area contributed by atoms with Gasteiger partial charge in [0.05, 0.1) is 0 Å². The summed E-state index contributed by atoms with van der Waals surface area (Å²) in [6.45, 7) is 6.37. The van der Waals surface area contributed by atoms with Crippen molar-refractivity contribution in [3.63, 3.8) is 0 Å². The summed E-state index contributed by atoms with van der Waals surface area (Å²) >= 11 is 0. The van der Waals surface area contributed by atoms with Crippen LogP contribution in [-0.2, 0) is 28.6 Å². The summed E-state index contributed by atoms with van der Waals surface area (Å²) in [7, 11) is 0. The molecule has 6 heteroatoms. The normalized spacial score (nSPS) is 13.0. The standard InChI is InChI=1S/C77H128O6/c1-4-7-10-13-16-19-22-25-27-29-30-31-32-33-34-35-36-37-38-39-40-41-42-43-44-45-46-48-49-52-55-58-61-64-67-70-76(79)82-73-74(72-81-75(78)69-66-63-60-57-54-51-24-21-18-15-12-9-6-3)83-77(80)71-68-65-62-59-56-53-50-47-28-26-23-20-17-14-11-8-5-2/h7,9-10,12,16,18-19,21,25,27,30-31,33-34,36-37,39-40,51,54,60,63,74H,4-6,8,11,13-15,17,20,22-24,26,28-29,32,35,38,41-50,52-53,55-59,61-62,64-73H2,1-3H3/b10-7-,12-9-,19-16-,21-18-,27-25-,31-30-,34-33-,37-36-,40-39-,54-51-,63-60-. The molecular weight excluding hydrogens is 1020 g/mol. The molecule has 0 radical (unpaired) electrons. The van der Waals surface area contributed by atoms with Gasteiger partial charge in [-0.3, -0.25) is 14.4 Å². The maximum atomic E-state index is 12.9. The van der Waals surface area contributed by atoms with Gasteiger partial charge in [0.2, 0.25) is 0 Å². The van der Waals surface area contributed by atoms with E-state index in [1.807, 2.05) is 6.08 Å². The third-order valence-corrected chi connectivity index (χ3v) is 14.7. The van der Waals surface area contributed by atoms with E-state index < -0.39 is 6.10 Å². The maximum Gasteiger partial charge on any atom is 0.306 e. The number of unbranched alkanes of at least 4 members (excludes halogenated alkanes) is 29. The molecule has 0 amide bonds. The van der Waals surface area contributed by atoms with E-state index >= 15 is 0 Å². The Hall–Kier alpha value is -4.45. The van der Waals surface area contributed by atoms with Crippen LogP contribution in [0.4, 0.5) is 0 Å². The first-order chi connectivity index (χ1) is 41.0. The van der Waals surface area contributed by atoms with Gasteiger partial charge in [0.1, 0.15) is 13.2 Å². The molecule has 0 aromatic carbocycles. The molecule has 83 heavy (non-hydrogen) atoms. The molecule has 1 unspecified atom stereocenters. The quantitative estimate of drug-likeness (QED) is 0.0261. The Morgan fingerprint density at radius 2 is 0.494 bits per heavy atom. The van der Waals surface area contributed by atoms with E-state index in [9.17, 15) is 14.4 Å². The van der Waals surface area contributed by atoms with Crippen LogP contribution < -0.4 is 0 Å². The number of esters is 3. The lowest BCUT2D eigenvalue weighted by atomic mass is 10.0. The zero-order chi connectivity index (χ0) is 59.9. The lowest BCUT2D eigenvalue weighted by Gasteiger charge is -2.18. The van der Waals surface area contributed by atoms with Crippen molar-refractivity contribution in [2.75, 3.05) is 13.2 Å². The Kier molecular flexibility index (Phi) is 66.3. The Bertz CT molecular complexity index is 1750. The van der Waals surface area contributed by atoms with Gasteiger partial charge in [-0.2, -0.15) is 0 Å². The first-order valence-electron chi connectivity index (χ1n) is 34.7. The van der Waals surface area contributed by atoms with Crippen molar-refractivity contribution in [3.8, 4) is 0 Å². The second-order valence-corrected chi connectivity index (χ2v) is 22.7. The summed E-state index contributed by atoms with van der Waals surface area (Å²) in [4.78, 5) is 38.3. The Balaban J connectivity index is 4.23. The summed E-state index contributed by atoms with van der Waals surface area (Å²) in [6, 6.07) is 0. The van der Waals surface area contributed by atoms with Gasteiger partial charge in [-0.05, 0) is 103 Å². The van der Waals surface area contributed by atoms with Crippen molar-refractivity contribution in [1.29, 1.82) is 0 Å². The van der Waals surface area contributed by atoms with Gasteiger partial charge in [0.15, 0.2) is 6.10 Å². The Morgan fingerprint density at radius 3 is 0.807 bits per heavy atom. The number of hydrogen-bond donors (Lipinski definition) is 0. The largest absolute Gasteiger partial charge is 0.462 e. The zero-order valence-corrected chi connectivity index (χ0v) is 54.2. The number of carbonyl (C=O) groups excluding carboxylic acids is 3. The van der Waals surface area contributed by atoms with E-state index in [0.717, 1.165) is 109 Å². The predicted molar refractivity (Wildman–Crippen MR) is 362 cm³/mol. The summed E-state index contributed by atoms with van der Waals surface area (Å²) in [5.41, 5.74) is 0. The summed E-state index contributed by atoms with van der Waals surface area (Å²) in [5.74, 6) is -0.976. The molecule has 0 aromatic heterocycles. The molecular formula is C77H128O6. The Labute approximate surface area is 513 Å².